The van der Waals surface area contributed by atoms with Crippen molar-refractivity contribution in [3.05, 3.63) is 175 Å². The van der Waals surface area contributed by atoms with Gasteiger partial charge in [0.15, 0.2) is 65.5 Å². The number of fused-ring (bicyclic) bond motifs is 14. The number of Topliss-reactive ketones (excluding diaryl/α,β-unsaturated/α-hetero) is 2. The fraction of sp³-hybridized carbons (Fsp3) is 0.617. The van der Waals surface area contributed by atoms with Crippen LogP contribution in [0.15, 0.2) is 136 Å². The molecule has 16 rings (SSSR count). The van der Waals surface area contributed by atoms with E-state index in [2.05, 4.69) is 72.5 Å². The average molecular weight is 1660 g/mol. The summed E-state index contributed by atoms with van der Waals surface area (Å²) in [6.07, 6.45) is 22.9. The molecule has 4 heterocycles. The smallest absolute Gasteiger partial charge is 0.481 e. The SMILES string of the molecule is CC(=O)c1cnn([C@H]2CC[C@@]3(C)[C@@H](CC[C@]4(C)[C@@H]3C(=O)C=C3[C@@H]5C[C@@](C)(C(=O)O)CC[C@]5(C)CC[C@]34C)[C@]2(C)C(=O)OCc2oc(=O)oc2C)c1.CC(=O)c1cnn([C@H]2CC[C@@]3(C)[C@@H](CC[C@]4(C)[C@@H]3C(=O)C=C3[C@@H]5C[C@@](C)(C(=O)OC(c6ccccc6)c6ccccc6)CC[C@]5(C)CC[C@]34C)[C@]2(C)C(=O)OCc2oc(=O)oc2C)c1.ClCCl. The Morgan fingerprint density at radius 1 is 0.500 bits per heavy atom. The van der Waals surface area contributed by atoms with Crippen molar-refractivity contribution in [3.8, 4) is 0 Å². The number of carboxylic acids is 1. The van der Waals surface area contributed by atoms with Gasteiger partial charge in [-0.25, -0.2) is 9.59 Å². The maximum absolute atomic E-state index is 15.4. The number of aliphatic carboxylic acids is 1. The molecule has 0 unspecified atom stereocenters. The second-order valence-electron chi connectivity index (χ2n) is 39.7. The lowest BCUT2D eigenvalue weighted by atomic mass is 9.33. The third kappa shape index (κ3) is 13.6. The van der Waals surface area contributed by atoms with E-state index in [0.29, 0.717) is 88.2 Å². The number of hydrogen-bond donors (Lipinski definition) is 1. The number of benzene rings is 2. The number of aromatic nitrogens is 4. The molecule has 0 aliphatic heterocycles. The summed E-state index contributed by atoms with van der Waals surface area (Å²) in [4.78, 5) is 135. The normalized spacial score (nSPS) is 37.5. The Labute approximate surface area is 700 Å². The molecule has 24 heteroatoms. The highest BCUT2D eigenvalue weighted by Crippen LogP contribution is 2.79. The number of alkyl halides is 2. The third-order valence-corrected chi connectivity index (χ3v) is 33.7. The minimum absolute atomic E-state index is 0.00870. The van der Waals surface area contributed by atoms with Crippen molar-refractivity contribution in [2.45, 2.75) is 258 Å². The number of ketones is 4. The number of rotatable bonds is 15. The van der Waals surface area contributed by atoms with E-state index < -0.39 is 91.1 Å². The Hall–Kier alpha value is -8.50. The molecule has 4 aromatic heterocycles. The van der Waals surface area contributed by atoms with E-state index >= 15 is 4.79 Å². The molecule has 0 saturated heterocycles. The summed E-state index contributed by atoms with van der Waals surface area (Å²) < 4.78 is 42.5. The molecule has 22 nitrogen and oxygen atoms in total. The largest absolute Gasteiger partial charge is 0.519 e. The number of carbonyl (C=O) groups is 8. The van der Waals surface area contributed by atoms with Gasteiger partial charge in [0.25, 0.3) is 0 Å². The fourth-order valence-corrected chi connectivity index (χ4v) is 26.3. The summed E-state index contributed by atoms with van der Waals surface area (Å²) in [5.41, 5.74) is -1.72. The molecule has 10 aliphatic carbocycles. The van der Waals surface area contributed by atoms with Crippen molar-refractivity contribution in [2.75, 3.05) is 5.34 Å². The topological polar surface area (TPSA) is 307 Å². The average Bonchev–Trinajstić information content (AvgIpc) is 0.697. The number of ether oxygens (including phenoxy) is 3. The number of allylic oxidation sites excluding steroid dienone is 4. The standard InChI is InChI=1S/C53H62N2O9.C40H52N2O9.CH2Cl2/c1-32(56)36-29-54-55(30-36)42-20-21-50(5)41(53(42,8)46(59)61-31-40-33(2)62-47(60)63-40)19-22-52(7)44(50)39(57)27-37-38-28-49(4,24-23-48(38,3)25-26-51(37,52)6)45(58)64-43(34-15-11-9-12-16-34)35-17-13-10-14-18-35;1-22(43)24-19-41-42(20-24)30-10-11-37(5)29(40(30,8)33(47)49-21-28-23(2)50-34(48)51-28)9-12-39(7)31(37)27(44)17-25-26-18-36(4,32(45)46)14-13-35(26,3)15-16-38(25,39)6;2-1-3/h9-18,27,29-30,38,41-44H,19-26,28,31H2,1-8H3;17,19-20,26,29-31H,9-16,18,21H2,1-8H3,(H,45,46);1H2/t38-,41+,42-,44+,48+,49-,50-,51+,52+,53-;26-,29+,30-,31+,35+,36-,37-,38+,39+,40-;/m00./s1. The summed E-state index contributed by atoms with van der Waals surface area (Å²) >= 11 is 9.53. The van der Waals surface area contributed by atoms with Gasteiger partial charge in [-0.3, -0.25) is 47.7 Å². The van der Waals surface area contributed by atoms with Crippen LogP contribution in [0.25, 0.3) is 0 Å². The van der Waals surface area contributed by atoms with Crippen molar-refractivity contribution in [3.63, 3.8) is 0 Å². The van der Waals surface area contributed by atoms with E-state index in [1.807, 2.05) is 93.6 Å². The Bertz CT molecular complexity index is 5120. The maximum atomic E-state index is 15.4. The van der Waals surface area contributed by atoms with Crippen LogP contribution in [0.1, 0.15) is 286 Å². The van der Waals surface area contributed by atoms with Crippen LogP contribution >= 0.6 is 23.2 Å². The lowest BCUT2D eigenvalue weighted by Gasteiger charge is -2.70. The molecule has 2 aromatic carbocycles. The molecule has 0 spiro atoms. The number of hydrogen-bond acceptors (Lipinski definition) is 19. The van der Waals surface area contributed by atoms with E-state index in [0.717, 1.165) is 55.2 Å². The molecule has 1 N–H and O–H groups in total. The zero-order valence-corrected chi connectivity index (χ0v) is 72.7. The van der Waals surface area contributed by atoms with Crippen molar-refractivity contribution in [1.29, 1.82) is 0 Å². The minimum Gasteiger partial charge on any atom is -0.481 e. The zero-order chi connectivity index (χ0) is 85.4. The molecule has 10 aliphatic rings. The van der Waals surface area contributed by atoms with Gasteiger partial charge in [-0.2, -0.15) is 10.2 Å². The monoisotopic (exact) mass is 1660 g/mol. The number of esters is 3. The van der Waals surface area contributed by atoms with E-state index in [9.17, 15) is 48.3 Å². The first-order valence-corrected chi connectivity index (χ1v) is 43.3. The Morgan fingerprint density at radius 2 is 0.873 bits per heavy atom. The van der Waals surface area contributed by atoms with Crippen LogP contribution in [-0.2, 0) is 56.2 Å². The zero-order valence-electron chi connectivity index (χ0n) is 71.2. The highest BCUT2D eigenvalue weighted by atomic mass is 35.5. The molecule has 634 valence electrons. The van der Waals surface area contributed by atoms with Crippen LogP contribution in [0.5, 0.6) is 0 Å². The van der Waals surface area contributed by atoms with Gasteiger partial charge in [0, 0.05) is 24.2 Å². The molecule has 8 saturated carbocycles. The van der Waals surface area contributed by atoms with Gasteiger partial charge in [-0.15, -0.1) is 23.2 Å². The van der Waals surface area contributed by atoms with E-state index in [1.165, 1.54) is 25.6 Å². The van der Waals surface area contributed by atoms with Crippen LogP contribution in [0.3, 0.4) is 0 Å². The Morgan fingerprint density at radius 3 is 1.23 bits per heavy atom. The van der Waals surface area contributed by atoms with Gasteiger partial charge in [-0.05, 0) is 261 Å². The second kappa shape index (κ2) is 30.6. The summed E-state index contributed by atoms with van der Waals surface area (Å²) in [6, 6.07) is 18.9. The molecule has 20 atom stereocenters. The van der Waals surface area contributed by atoms with Gasteiger partial charge in [0.1, 0.15) is 0 Å². The predicted molar refractivity (Wildman–Crippen MR) is 439 cm³/mol. The summed E-state index contributed by atoms with van der Waals surface area (Å²) in [5.74, 6) is -4.30. The number of nitrogens with zero attached hydrogens (tertiary/aromatic N) is 4. The molecular weight excluding hydrogens is 1540 g/mol. The molecular formula is C94H116Cl2N4O18. The van der Waals surface area contributed by atoms with Crippen molar-refractivity contribution in [1.82, 2.24) is 19.6 Å². The Balaban J connectivity index is 0.000000192. The van der Waals surface area contributed by atoms with Gasteiger partial charge < -0.3 is 37.0 Å². The summed E-state index contributed by atoms with van der Waals surface area (Å²) in [6.45, 7) is 31.7. The van der Waals surface area contributed by atoms with Gasteiger partial charge in [-0.1, -0.05) is 127 Å². The summed E-state index contributed by atoms with van der Waals surface area (Å²) in [7, 11) is 0. The quantitative estimate of drug-likeness (QED) is 0.0432. The van der Waals surface area contributed by atoms with Crippen LogP contribution < -0.4 is 11.6 Å². The lowest BCUT2D eigenvalue weighted by Crippen LogP contribution is -2.67. The first kappa shape index (κ1) is 85.9. The molecule has 8 fully saturated rings. The third-order valence-electron chi connectivity index (χ3n) is 33.7. The van der Waals surface area contributed by atoms with Crippen molar-refractivity contribution >= 4 is 70.2 Å². The van der Waals surface area contributed by atoms with Crippen molar-refractivity contribution < 1.29 is 75.3 Å². The van der Waals surface area contributed by atoms with E-state index in [-0.39, 0.29) is 128 Å². The number of carboxylic acid groups (broad SMARTS) is 1. The second-order valence-corrected chi connectivity index (χ2v) is 40.6. The maximum Gasteiger partial charge on any atom is 0.519 e. The van der Waals surface area contributed by atoms with Gasteiger partial charge in [0.05, 0.1) is 62.6 Å². The van der Waals surface area contributed by atoms with Crippen LogP contribution in [0.2, 0.25) is 0 Å². The summed E-state index contributed by atoms with van der Waals surface area (Å²) in [5, 5.41) is 19.7. The van der Waals surface area contributed by atoms with E-state index in [1.54, 1.807) is 41.8 Å². The predicted octanol–water partition coefficient (Wildman–Crippen LogP) is 19.2. The molecule has 118 heavy (non-hydrogen) atoms. The van der Waals surface area contributed by atoms with Crippen LogP contribution in [0.4, 0.5) is 0 Å². The number of carbonyl (C=O) groups excluding carboxylic acids is 7. The van der Waals surface area contributed by atoms with Crippen molar-refractivity contribution in [2.24, 2.45) is 100 Å². The molecule has 0 amide bonds. The molecule has 0 bridgehead atoms. The molecule has 6 aromatic rings. The highest BCUT2D eigenvalue weighted by Gasteiger charge is 2.75. The Kier molecular flexibility index (Phi) is 22.3. The number of aryl methyl sites for hydroxylation is 2. The highest BCUT2D eigenvalue weighted by molar-refractivity contribution is 6.40. The van der Waals surface area contributed by atoms with E-state index in [4.69, 9.17) is 55.1 Å². The van der Waals surface area contributed by atoms with Gasteiger partial charge in [0.2, 0.25) is 0 Å². The first-order valence-electron chi connectivity index (χ1n) is 42.2. The lowest BCUT2D eigenvalue weighted by molar-refractivity contribution is -0.209. The van der Waals surface area contributed by atoms with Crippen LogP contribution in [0, 0.1) is 114 Å². The van der Waals surface area contributed by atoms with Gasteiger partial charge >= 0.3 is 35.5 Å². The number of halogens is 2. The fourth-order valence-electron chi connectivity index (χ4n) is 26.3. The minimum atomic E-state index is -1.18. The van der Waals surface area contributed by atoms with Crippen LogP contribution in [-0.4, -0.2) is 77.0 Å². The first-order chi connectivity index (χ1) is 55.4. The molecule has 0 radical (unpaired) electrons.